The van der Waals surface area contributed by atoms with Crippen molar-refractivity contribution in [2.24, 2.45) is 0 Å². The molecule has 64 valence electrons. The summed E-state index contributed by atoms with van der Waals surface area (Å²) in [5, 5.41) is 19.6. The third kappa shape index (κ3) is 3.34. The zero-order valence-corrected chi connectivity index (χ0v) is 7.40. The molecular weight excluding hydrogens is 200 g/mol. The highest BCUT2D eigenvalue weighted by molar-refractivity contribution is 7.80. The number of nitrogens with one attached hydrogen (secondary N) is 1. The van der Waals surface area contributed by atoms with Gasteiger partial charge in [-0.25, -0.2) is 5.10 Å². The second kappa shape index (κ2) is 4.72. The molecule has 0 fully saturated rings. The van der Waals surface area contributed by atoms with Crippen LogP contribution in [-0.4, -0.2) is 31.0 Å². The van der Waals surface area contributed by atoms with Crippen molar-refractivity contribution < 1.29 is 4.52 Å². The second-order valence-electron chi connectivity index (χ2n) is 1.49. The number of hydrogen-bond acceptors (Lipinski definition) is 8. The summed E-state index contributed by atoms with van der Waals surface area (Å²) in [5.74, 6) is 0. The van der Waals surface area contributed by atoms with E-state index in [0.29, 0.717) is 10.2 Å². The fourth-order valence-electron chi connectivity index (χ4n) is 0.314. The van der Waals surface area contributed by atoms with E-state index in [1.807, 2.05) is 0 Å². The van der Waals surface area contributed by atoms with Crippen molar-refractivity contribution in [1.29, 1.82) is 0 Å². The normalized spacial score (nSPS) is 8.83. The van der Waals surface area contributed by atoms with E-state index in [4.69, 9.17) is 0 Å². The van der Waals surface area contributed by atoms with Gasteiger partial charge in [0.1, 0.15) is 0 Å². The Morgan fingerprint density at radius 3 is 2.33 bits per heavy atom. The third-order valence-corrected chi connectivity index (χ3v) is 1.07. The number of thiol groups is 2. The highest BCUT2D eigenvalue weighted by atomic mass is 32.1. The summed E-state index contributed by atoms with van der Waals surface area (Å²) in [6, 6.07) is 0. The Balaban J connectivity index is 0.000000120. The molecule has 2 heterocycles. The molecule has 0 radical (unpaired) electrons. The van der Waals surface area contributed by atoms with Crippen LogP contribution in [0.3, 0.4) is 0 Å². The quantitative estimate of drug-likeness (QED) is 0.517. The number of H-pyrrole nitrogens is 1. The van der Waals surface area contributed by atoms with Crippen molar-refractivity contribution in [2.75, 3.05) is 0 Å². The summed E-state index contributed by atoms with van der Waals surface area (Å²) in [5.41, 5.74) is 0. The average Bonchev–Trinajstić information content (AvgIpc) is 2.63. The maximum Gasteiger partial charge on any atom is 0.203 e. The van der Waals surface area contributed by atoms with E-state index in [1.165, 1.54) is 6.26 Å². The Bertz CT molecular complexity index is 260. The van der Waals surface area contributed by atoms with E-state index in [9.17, 15) is 0 Å². The van der Waals surface area contributed by atoms with Gasteiger partial charge in [0.25, 0.3) is 0 Å². The number of aromatic amines is 1. The molecule has 0 aliphatic rings. The summed E-state index contributed by atoms with van der Waals surface area (Å²) >= 11 is 7.51. The van der Waals surface area contributed by atoms with Crippen LogP contribution in [0.5, 0.6) is 0 Å². The highest BCUT2D eigenvalue weighted by Gasteiger charge is 1.81. The summed E-state index contributed by atoms with van der Waals surface area (Å²) in [4.78, 5) is 0. The van der Waals surface area contributed by atoms with Crippen LogP contribution in [0.4, 0.5) is 0 Å². The Labute approximate surface area is 77.7 Å². The van der Waals surface area contributed by atoms with E-state index in [2.05, 4.69) is 60.8 Å². The van der Waals surface area contributed by atoms with Gasteiger partial charge in [-0.2, -0.15) is 0 Å². The van der Waals surface area contributed by atoms with Gasteiger partial charge in [0.05, 0.1) is 0 Å². The summed E-state index contributed by atoms with van der Waals surface area (Å²) in [6.45, 7) is 0. The molecule has 0 bridgehead atoms. The van der Waals surface area contributed by atoms with Crippen LogP contribution in [0.1, 0.15) is 0 Å². The standard InChI is InChI=1S/C2H2N2OS.CH2N4S/c6-2-1-5-4-3-2;6-1-2-4-5-3-1/h1,6H;(H2,2,3,4,5,6). The maximum absolute atomic E-state index is 4.28. The number of tetrazole rings is 1. The minimum atomic E-state index is 0.440. The Morgan fingerprint density at radius 2 is 2.17 bits per heavy atom. The van der Waals surface area contributed by atoms with E-state index in [1.54, 1.807) is 0 Å². The van der Waals surface area contributed by atoms with Crippen LogP contribution in [0, 0.1) is 0 Å². The predicted molar refractivity (Wildman–Crippen MR) is 43.0 cm³/mol. The largest absolute Gasteiger partial charge is 0.344 e. The molecule has 0 atom stereocenters. The molecule has 1 N–H and O–H groups in total. The fourth-order valence-corrected chi connectivity index (χ4v) is 0.482. The Hall–Kier alpha value is -1.09. The lowest BCUT2D eigenvalue weighted by Gasteiger charge is -1.61. The fraction of sp³-hybridized carbons (Fsp3) is 0. The lowest BCUT2D eigenvalue weighted by molar-refractivity contribution is 0.392. The van der Waals surface area contributed by atoms with Crippen LogP contribution in [-0.2, 0) is 0 Å². The predicted octanol–water partition coefficient (Wildman–Crippen LogP) is -0.153. The first-order valence-corrected chi connectivity index (χ1v) is 3.57. The lowest BCUT2D eigenvalue weighted by Crippen LogP contribution is -1.64. The summed E-state index contributed by atoms with van der Waals surface area (Å²) in [7, 11) is 0. The van der Waals surface area contributed by atoms with Gasteiger partial charge in [-0.1, -0.05) is 0 Å². The van der Waals surface area contributed by atoms with Gasteiger partial charge < -0.3 is 4.52 Å². The van der Waals surface area contributed by atoms with Crippen LogP contribution in [0.25, 0.3) is 0 Å². The molecule has 0 aliphatic heterocycles. The van der Waals surface area contributed by atoms with Crippen molar-refractivity contribution in [1.82, 2.24) is 31.0 Å². The molecule has 0 unspecified atom stereocenters. The van der Waals surface area contributed by atoms with Crippen molar-refractivity contribution in [2.45, 2.75) is 10.2 Å². The van der Waals surface area contributed by atoms with Gasteiger partial charge in [0, 0.05) is 5.27 Å². The van der Waals surface area contributed by atoms with E-state index >= 15 is 0 Å². The van der Waals surface area contributed by atoms with Crippen LogP contribution >= 0.6 is 25.3 Å². The first kappa shape index (κ1) is 9.00. The molecule has 0 aromatic carbocycles. The minimum absolute atomic E-state index is 0.440. The Morgan fingerprint density at radius 1 is 1.33 bits per heavy atom. The van der Waals surface area contributed by atoms with Crippen LogP contribution in [0.15, 0.2) is 21.0 Å². The van der Waals surface area contributed by atoms with Gasteiger partial charge >= 0.3 is 0 Å². The highest BCUT2D eigenvalue weighted by Crippen LogP contribution is 1.93. The van der Waals surface area contributed by atoms with Crippen LogP contribution in [0.2, 0.25) is 0 Å². The SMILES string of the molecule is Sc1conn1.Sc1nnn[nH]1. The van der Waals surface area contributed by atoms with Crippen molar-refractivity contribution in [3.63, 3.8) is 0 Å². The smallest absolute Gasteiger partial charge is 0.203 e. The first-order chi connectivity index (χ1) is 5.79. The molecule has 2 aromatic rings. The first-order valence-electron chi connectivity index (χ1n) is 2.67. The zero-order chi connectivity index (χ0) is 8.81. The average molecular weight is 204 g/mol. The molecule has 12 heavy (non-hydrogen) atoms. The van der Waals surface area contributed by atoms with E-state index in [0.717, 1.165) is 0 Å². The van der Waals surface area contributed by atoms with E-state index in [-0.39, 0.29) is 0 Å². The van der Waals surface area contributed by atoms with Gasteiger partial charge in [-0.15, -0.1) is 35.5 Å². The number of nitrogens with zero attached hydrogens (tertiary/aromatic N) is 5. The molecule has 0 spiro atoms. The molecule has 0 saturated carbocycles. The topological polar surface area (TPSA) is 93.4 Å². The minimum Gasteiger partial charge on any atom is -0.344 e. The van der Waals surface area contributed by atoms with Gasteiger partial charge in [0.2, 0.25) is 5.16 Å². The van der Waals surface area contributed by atoms with Crippen molar-refractivity contribution in [3.05, 3.63) is 6.26 Å². The lowest BCUT2D eigenvalue weighted by atomic mass is 11.0. The summed E-state index contributed by atoms with van der Waals surface area (Å²) in [6.07, 6.45) is 1.35. The van der Waals surface area contributed by atoms with Gasteiger partial charge in [0.15, 0.2) is 11.3 Å². The number of rotatable bonds is 0. The number of aromatic nitrogens is 6. The Kier molecular flexibility index (Phi) is 3.54. The van der Waals surface area contributed by atoms with Gasteiger partial charge in [-0.3, -0.25) is 0 Å². The molecular formula is C3H4N6OS2. The molecule has 9 heteroatoms. The summed E-state index contributed by atoms with van der Waals surface area (Å²) < 4.78 is 4.28. The van der Waals surface area contributed by atoms with Crippen molar-refractivity contribution >= 4 is 25.3 Å². The molecule has 0 amide bonds. The number of hydrogen-bond donors (Lipinski definition) is 3. The maximum atomic E-state index is 4.28. The monoisotopic (exact) mass is 204 g/mol. The molecule has 0 aliphatic carbocycles. The molecule has 2 rings (SSSR count). The zero-order valence-electron chi connectivity index (χ0n) is 5.62. The molecule has 7 nitrogen and oxygen atoms in total. The van der Waals surface area contributed by atoms with Crippen LogP contribution < -0.4 is 0 Å². The molecule has 0 saturated heterocycles. The third-order valence-electron chi connectivity index (χ3n) is 0.683. The second-order valence-corrected chi connectivity index (χ2v) is 2.37. The van der Waals surface area contributed by atoms with Gasteiger partial charge in [-0.05, 0) is 10.4 Å². The van der Waals surface area contributed by atoms with E-state index < -0.39 is 0 Å². The molecule has 2 aromatic heterocycles. The van der Waals surface area contributed by atoms with Crippen molar-refractivity contribution in [3.8, 4) is 0 Å².